The number of fused-ring (bicyclic) bond motifs is 2. The number of unbranched alkanes of at least 4 members (excludes halogenated alkanes) is 2. The van der Waals surface area contributed by atoms with Crippen LogP contribution in [0.3, 0.4) is 0 Å². The van der Waals surface area contributed by atoms with Gasteiger partial charge in [0.05, 0.1) is 11.7 Å². The quantitative estimate of drug-likeness (QED) is 0.337. The van der Waals surface area contributed by atoms with Crippen LogP contribution in [-0.4, -0.2) is 15.3 Å². The highest BCUT2D eigenvalue weighted by Crippen LogP contribution is 2.27. The third-order valence-corrected chi connectivity index (χ3v) is 4.97. The maximum absolute atomic E-state index is 13.4. The molecule has 26 heavy (non-hydrogen) atoms. The SMILES string of the molecule is CCCCCn1cc(C(=O)c2cccc3ccccc23)c2ccncc21. The lowest BCUT2D eigenvalue weighted by molar-refractivity contribution is 0.104. The summed E-state index contributed by atoms with van der Waals surface area (Å²) in [7, 11) is 0. The monoisotopic (exact) mass is 342 g/mol. The van der Waals surface area contributed by atoms with Crippen molar-refractivity contribution in [2.75, 3.05) is 0 Å². The topological polar surface area (TPSA) is 34.9 Å². The fourth-order valence-corrected chi connectivity index (χ4v) is 3.60. The number of carbonyl (C=O) groups excluding carboxylic acids is 1. The van der Waals surface area contributed by atoms with Crippen molar-refractivity contribution in [1.82, 2.24) is 9.55 Å². The highest BCUT2D eigenvalue weighted by Gasteiger charge is 2.18. The van der Waals surface area contributed by atoms with E-state index in [1.54, 1.807) is 6.20 Å². The Morgan fingerprint density at radius 3 is 2.69 bits per heavy atom. The van der Waals surface area contributed by atoms with Crippen LogP contribution in [0.1, 0.15) is 42.1 Å². The van der Waals surface area contributed by atoms with Crippen molar-refractivity contribution >= 4 is 27.5 Å². The van der Waals surface area contributed by atoms with Gasteiger partial charge in [0, 0.05) is 35.5 Å². The molecular weight excluding hydrogens is 320 g/mol. The zero-order valence-corrected chi connectivity index (χ0v) is 15.0. The van der Waals surface area contributed by atoms with Crippen molar-refractivity contribution in [1.29, 1.82) is 0 Å². The number of benzene rings is 2. The number of carbonyl (C=O) groups is 1. The average Bonchev–Trinajstić information content (AvgIpc) is 3.06. The number of hydrogen-bond acceptors (Lipinski definition) is 2. The molecule has 3 nitrogen and oxygen atoms in total. The highest BCUT2D eigenvalue weighted by atomic mass is 16.1. The van der Waals surface area contributed by atoms with Crippen LogP contribution in [0, 0.1) is 0 Å². The molecule has 0 aliphatic rings. The first kappa shape index (κ1) is 16.5. The summed E-state index contributed by atoms with van der Waals surface area (Å²) in [4.78, 5) is 17.6. The molecule has 0 aliphatic carbocycles. The molecule has 2 aromatic carbocycles. The fraction of sp³-hybridized carbons (Fsp3) is 0.217. The van der Waals surface area contributed by atoms with E-state index in [0.29, 0.717) is 0 Å². The molecule has 0 spiro atoms. The first-order chi connectivity index (χ1) is 12.8. The summed E-state index contributed by atoms with van der Waals surface area (Å²) in [6.07, 6.45) is 9.11. The van der Waals surface area contributed by atoms with Gasteiger partial charge >= 0.3 is 0 Å². The normalized spacial score (nSPS) is 11.3. The third-order valence-electron chi connectivity index (χ3n) is 4.97. The molecule has 2 aromatic heterocycles. The molecule has 4 rings (SSSR count). The molecular formula is C23H22N2O. The van der Waals surface area contributed by atoms with Gasteiger partial charge in [0.2, 0.25) is 0 Å². The maximum atomic E-state index is 13.4. The molecule has 0 atom stereocenters. The van der Waals surface area contributed by atoms with E-state index < -0.39 is 0 Å². The van der Waals surface area contributed by atoms with E-state index >= 15 is 0 Å². The minimum Gasteiger partial charge on any atom is -0.345 e. The van der Waals surface area contributed by atoms with Crippen molar-refractivity contribution in [3.8, 4) is 0 Å². The number of aryl methyl sites for hydroxylation is 1. The second-order valence-corrected chi connectivity index (χ2v) is 6.69. The fourth-order valence-electron chi connectivity index (χ4n) is 3.60. The molecule has 3 heteroatoms. The van der Waals surface area contributed by atoms with Gasteiger partial charge in [0.25, 0.3) is 0 Å². The maximum Gasteiger partial charge on any atom is 0.195 e. The zero-order valence-electron chi connectivity index (χ0n) is 15.0. The second-order valence-electron chi connectivity index (χ2n) is 6.69. The summed E-state index contributed by atoms with van der Waals surface area (Å²) in [5.74, 6) is 0.0761. The predicted molar refractivity (Wildman–Crippen MR) is 107 cm³/mol. The van der Waals surface area contributed by atoms with Gasteiger partial charge in [-0.3, -0.25) is 9.78 Å². The largest absolute Gasteiger partial charge is 0.345 e. The molecule has 130 valence electrons. The molecule has 4 aromatic rings. The first-order valence-corrected chi connectivity index (χ1v) is 9.25. The Kier molecular flexibility index (Phi) is 4.53. The summed E-state index contributed by atoms with van der Waals surface area (Å²) in [5, 5.41) is 3.07. The molecule has 0 unspecified atom stereocenters. The van der Waals surface area contributed by atoms with Gasteiger partial charge in [-0.2, -0.15) is 0 Å². The lowest BCUT2D eigenvalue weighted by atomic mass is 9.97. The van der Waals surface area contributed by atoms with Crippen molar-refractivity contribution in [3.63, 3.8) is 0 Å². The van der Waals surface area contributed by atoms with E-state index in [2.05, 4.69) is 16.5 Å². The number of pyridine rings is 1. The van der Waals surface area contributed by atoms with Gasteiger partial charge in [-0.1, -0.05) is 62.2 Å². The van der Waals surface area contributed by atoms with Crippen LogP contribution in [-0.2, 0) is 6.54 Å². The Labute approximate surface area is 153 Å². The lowest BCUT2D eigenvalue weighted by Crippen LogP contribution is -2.02. The van der Waals surface area contributed by atoms with E-state index in [0.717, 1.165) is 45.8 Å². The van der Waals surface area contributed by atoms with Gasteiger partial charge in [-0.05, 0) is 23.3 Å². The van der Waals surface area contributed by atoms with Crippen LogP contribution in [0.15, 0.2) is 67.1 Å². The Morgan fingerprint density at radius 2 is 1.81 bits per heavy atom. The smallest absolute Gasteiger partial charge is 0.195 e. The number of nitrogens with zero attached hydrogens (tertiary/aromatic N) is 2. The lowest BCUT2D eigenvalue weighted by Gasteiger charge is -2.05. The molecule has 2 heterocycles. The average molecular weight is 342 g/mol. The summed E-state index contributed by atoms with van der Waals surface area (Å²) in [6.45, 7) is 3.11. The van der Waals surface area contributed by atoms with Crippen molar-refractivity contribution in [2.24, 2.45) is 0 Å². The molecule has 0 amide bonds. The second kappa shape index (κ2) is 7.12. The summed E-state index contributed by atoms with van der Waals surface area (Å²) < 4.78 is 2.18. The van der Waals surface area contributed by atoms with Crippen LogP contribution in [0.4, 0.5) is 0 Å². The number of rotatable bonds is 6. The van der Waals surface area contributed by atoms with Crippen molar-refractivity contribution in [2.45, 2.75) is 32.7 Å². The standard InChI is InChI=1S/C23H22N2O/c1-2-3-6-14-25-16-21(19-12-13-24-15-22(19)25)23(26)20-11-7-9-17-8-4-5-10-18(17)20/h4-5,7-13,15-16H,2-3,6,14H2,1H3. The number of ketones is 1. The minimum atomic E-state index is 0.0761. The molecule has 0 saturated carbocycles. The van der Waals surface area contributed by atoms with Crippen LogP contribution >= 0.6 is 0 Å². The third kappa shape index (κ3) is 2.90. The number of hydrogen-bond donors (Lipinski definition) is 0. The van der Waals surface area contributed by atoms with Gasteiger partial charge in [-0.25, -0.2) is 0 Å². The van der Waals surface area contributed by atoms with Crippen LogP contribution < -0.4 is 0 Å². The number of aromatic nitrogens is 2. The van der Waals surface area contributed by atoms with Crippen LogP contribution in [0.25, 0.3) is 21.7 Å². The summed E-state index contributed by atoms with van der Waals surface area (Å²) >= 11 is 0. The van der Waals surface area contributed by atoms with Gasteiger partial charge in [0.15, 0.2) is 5.78 Å². The van der Waals surface area contributed by atoms with Crippen LogP contribution in [0.2, 0.25) is 0 Å². The molecule has 0 N–H and O–H groups in total. The van der Waals surface area contributed by atoms with E-state index in [9.17, 15) is 4.79 Å². The van der Waals surface area contributed by atoms with Gasteiger partial charge in [0.1, 0.15) is 0 Å². The van der Waals surface area contributed by atoms with E-state index in [1.165, 1.54) is 12.8 Å². The zero-order chi connectivity index (χ0) is 17.9. The van der Waals surface area contributed by atoms with Crippen LogP contribution in [0.5, 0.6) is 0 Å². The van der Waals surface area contributed by atoms with Crippen molar-refractivity contribution in [3.05, 3.63) is 78.2 Å². The Balaban J connectivity index is 1.82. The highest BCUT2D eigenvalue weighted by molar-refractivity contribution is 6.21. The first-order valence-electron chi connectivity index (χ1n) is 9.25. The van der Waals surface area contributed by atoms with Gasteiger partial charge in [-0.15, -0.1) is 0 Å². The Bertz CT molecular complexity index is 1070. The van der Waals surface area contributed by atoms with E-state index in [1.807, 2.05) is 60.9 Å². The Hall–Kier alpha value is -2.94. The van der Waals surface area contributed by atoms with E-state index in [4.69, 9.17) is 0 Å². The summed E-state index contributed by atoms with van der Waals surface area (Å²) in [5.41, 5.74) is 2.55. The molecule has 0 radical (unpaired) electrons. The van der Waals surface area contributed by atoms with Gasteiger partial charge < -0.3 is 4.57 Å². The molecule has 0 bridgehead atoms. The minimum absolute atomic E-state index is 0.0761. The predicted octanol–water partition coefficient (Wildman–Crippen LogP) is 5.61. The van der Waals surface area contributed by atoms with Crippen molar-refractivity contribution < 1.29 is 4.79 Å². The molecule has 0 fully saturated rings. The summed E-state index contributed by atoms with van der Waals surface area (Å²) in [6, 6.07) is 15.9. The molecule has 0 saturated heterocycles. The Morgan fingerprint density at radius 1 is 0.962 bits per heavy atom. The molecule has 0 aliphatic heterocycles. The van der Waals surface area contributed by atoms with E-state index in [-0.39, 0.29) is 5.78 Å².